The zero-order valence-electron chi connectivity index (χ0n) is 11.5. The van der Waals surface area contributed by atoms with Gasteiger partial charge in [0.05, 0.1) is 25.8 Å². The van der Waals surface area contributed by atoms with E-state index in [1.54, 1.807) is 24.3 Å². The van der Waals surface area contributed by atoms with Crippen LogP contribution < -0.4 is 0 Å². The molecule has 21 heavy (non-hydrogen) atoms. The van der Waals surface area contributed by atoms with Gasteiger partial charge in [0, 0.05) is 5.56 Å². The lowest BCUT2D eigenvalue weighted by Gasteiger charge is -2.23. The molecule has 108 valence electrons. The number of hydrogen-bond acceptors (Lipinski definition) is 5. The summed E-state index contributed by atoms with van der Waals surface area (Å²) in [5, 5.41) is 0. The van der Waals surface area contributed by atoms with Crippen LogP contribution in [0.3, 0.4) is 0 Å². The van der Waals surface area contributed by atoms with Crippen molar-refractivity contribution in [3.8, 4) is 0 Å². The highest BCUT2D eigenvalue weighted by molar-refractivity contribution is 6.06. The summed E-state index contributed by atoms with van der Waals surface area (Å²) in [5.41, 5.74) is 1.47. The van der Waals surface area contributed by atoms with Crippen LogP contribution in [-0.4, -0.2) is 43.0 Å². The minimum Gasteiger partial charge on any atom is -0.467 e. The number of amides is 1. The summed E-state index contributed by atoms with van der Waals surface area (Å²) in [6.07, 6.45) is 1.44. The zero-order chi connectivity index (χ0) is 15.1. The quantitative estimate of drug-likeness (QED) is 0.754. The highest BCUT2D eigenvalue weighted by Crippen LogP contribution is 2.44. The fourth-order valence-electron chi connectivity index (χ4n) is 2.88. The summed E-state index contributed by atoms with van der Waals surface area (Å²) in [6, 6.07) is 5.48. The molecular weight excluding hydrogens is 274 g/mol. The topological polar surface area (TPSA) is 72.9 Å². The third-order valence-electron chi connectivity index (χ3n) is 3.79. The van der Waals surface area contributed by atoms with E-state index in [1.165, 1.54) is 25.2 Å². The molecule has 2 unspecified atom stereocenters. The molecule has 0 saturated heterocycles. The largest absolute Gasteiger partial charge is 0.467 e. The molecule has 2 aliphatic heterocycles. The van der Waals surface area contributed by atoms with Gasteiger partial charge in [-0.25, -0.2) is 9.59 Å². The van der Waals surface area contributed by atoms with Gasteiger partial charge in [-0.3, -0.25) is 4.79 Å². The SMILES string of the molecule is COC(=O)C1=CC(C(=O)OC)N2C(=O)c3ccccc3C12. The number of carbonyl (C=O) groups is 3. The summed E-state index contributed by atoms with van der Waals surface area (Å²) in [5.74, 6) is -1.43. The Morgan fingerprint density at radius 1 is 1.14 bits per heavy atom. The molecule has 0 N–H and O–H groups in total. The van der Waals surface area contributed by atoms with Gasteiger partial charge in [-0.05, 0) is 17.7 Å². The highest BCUT2D eigenvalue weighted by atomic mass is 16.5. The van der Waals surface area contributed by atoms with Crippen molar-refractivity contribution in [2.75, 3.05) is 14.2 Å². The Morgan fingerprint density at radius 2 is 1.86 bits per heavy atom. The van der Waals surface area contributed by atoms with Gasteiger partial charge in [-0.1, -0.05) is 18.2 Å². The van der Waals surface area contributed by atoms with Gasteiger partial charge in [0.25, 0.3) is 5.91 Å². The molecule has 0 saturated carbocycles. The first-order valence-corrected chi connectivity index (χ1v) is 6.39. The van der Waals surface area contributed by atoms with Gasteiger partial charge >= 0.3 is 11.9 Å². The van der Waals surface area contributed by atoms with E-state index >= 15 is 0 Å². The number of nitrogens with zero attached hydrogens (tertiary/aromatic N) is 1. The predicted octanol–water partition coefficient (Wildman–Crippen LogP) is 0.838. The lowest BCUT2D eigenvalue weighted by atomic mass is 9.99. The highest BCUT2D eigenvalue weighted by Gasteiger charge is 2.50. The Balaban J connectivity index is 2.13. The molecule has 2 aliphatic rings. The van der Waals surface area contributed by atoms with Crippen LogP contribution in [-0.2, 0) is 19.1 Å². The minimum absolute atomic E-state index is 0.284. The molecule has 6 nitrogen and oxygen atoms in total. The fraction of sp³-hybridized carbons (Fsp3) is 0.267. The standard InChI is InChI=1S/C15H13NO5/c1-20-14(18)10-7-11(15(19)21-2)16-12(10)8-5-3-4-6-9(8)13(16)17/h3-7,11-12H,1-2H3. The molecule has 1 amide bonds. The molecular formula is C15H13NO5. The van der Waals surface area contributed by atoms with E-state index in [2.05, 4.69) is 0 Å². The lowest BCUT2D eigenvalue weighted by Crippen LogP contribution is -2.39. The summed E-state index contributed by atoms with van der Waals surface area (Å²) >= 11 is 0. The minimum atomic E-state index is -0.908. The Morgan fingerprint density at radius 3 is 2.52 bits per heavy atom. The second-order valence-electron chi connectivity index (χ2n) is 4.78. The zero-order valence-corrected chi connectivity index (χ0v) is 11.5. The first kappa shape index (κ1) is 13.4. The van der Waals surface area contributed by atoms with Gasteiger partial charge in [0.15, 0.2) is 0 Å². The molecule has 2 atom stereocenters. The van der Waals surface area contributed by atoms with Crippen LogP contribution in [0.15, 0.2) is 35.9 Å². The Labute approximate surface area is 120 Å². The van der Waals surface area contributed by atoms with Gasteiger partial charge < -0.3 is 14.4 Å². The molecule has 0 spiro atoms. The average molecular weight is 287 g/mol. The van der Waals surface area contributed by atoms with Crippen molar-refractivity contribution in [2.45, 2.75) is 12.1 Å². The van der Waals surface area contributed by atoms with Crippen molar-refractivity contribution in [3.63, 3.8) is 0 Å². The van der Waals surface area contributed by atoms with E-state index < -0.39 is 24.0 Å². The van der Waals surface area contributed by atoms with Crippen LogP contribution in [0.5, 0.6) is 0 Å². The average Bonchev–Trinajstić information content (AvgIpc) is 3.04. The summed E-state index contributed by atoms with van der Waals surface area (Å²) in [6.45, 7) is 0. The van der Waals surface area contributed by atoms with E-state index in [-0.39, 0.29) is 11.5 Å². The lowest BCUT2D eigenvalue weighted by molar-refractivity contribution is -0.144. The smallest absolute Gasteiger partial charge is 0.335 e. The normalized spacial score (nSPS) is 22.5. The Kier molecular flexibility index (Phi) is 3.01. The van der Waals surface area contributed by atoms with Crippen molar-refractivity contribution < 1.29 is 23.9 Å². The summed E-state index contributed by atoms with van der Waals surface area (Å²) < 4.78 is 9.48. The number of ether oxygens (including phenoxy) is 2. The van der Waals surface area contributed by atoms with Crippen molar-refractivity contribution >= 4 is 17.8 Å². The molecule has 0 bridgehead atoms. The fourth-order valence-corrected chi connectivity index (χ4v) is 2.88. The van der Waals surface area contributed by atoms with Crippen LogP contribution in [0.25, 0.3) is 0 Å². The van der Waals surface area contributed by atoms with Crippen LogP contribution >= 0.6 is 0 Å². The second-order valence-corrected chi connectivity index (χ2v) is 4.78. The van der Waals surface area contributed by atoms with E-state index in [0.717, 1.165) is 0 Å². The summed E-state index contributed by atoms with van der Waals surface area (Å²) in [4.78, 5) is 37.7. The van der Waals surface area contributed by atoms with E-state index in [4.69, 9.17) is 9.47 Å². The molecule has 1 aromatic carbocycles. The third kappa shape index (κ3) is 1.75. The molecule has 3 rings (SSSR count). The molecule has 0 aliphatic carbocycles. The Bertz CT molecular complexity index is 678. The molecule has 1 aromatic rings. The van der Waals surface area contributed by atoms with Gasteiger partial charge in [0.2, 0.25) is 0 Å². The number of esters is 2. The van der Waals surface area contributed by atoms with E-state index in [9.17, 15) is 14.4 Å². The molecule has 2 heterocycles. The number of carbonyl (C=O) groups excluding carboxylic acids is 3. The second kappa shape index (κ2) is 4.73. The first-order chi connectivity index (χ1) is 10.1. The van der Waals surface area contributed by atoms with E-state index in [1.807, 2.05) is 0 Å². The number of rotatable bonds is 2. The van der Waals surface area contributed by atoms with Crippen molar-refractivity contribution in [1.29, 1.82) is 0 Å². The van der Waals surface area contributed by atoms with Crippen molar-refractivity contribution in [3.05, 3.63) is 47.0 Å². The molecule has 0 fully saturated rings. The maximum Gasteiger partial charge on any atom is 0.335 e. The molecule has 6 heteroatoms. The first-order valence-electron chi connectivity index (χ1n) is 6.39. The van der Waals surface area contributed by atoms with Crippen molar-refractivity contribution in [1.82, 2.24) is 4.90 Å². The number of hydrogen-bond donors (Lipinski definition) is 0. The van der Waals surface area contributed by atoms with Crippen LogP contribution in [0, 0.1) is 0 Å². The number of fused-ring (bicyclic) bond motifs is 3. The predicted molar refractivity (Wildman–Crippen MR) is 71.3 cm³/mol. The summed E-state index contributed by atoms with van der Waals surface area (Å²) in [7, 11) is 2.51. The number of benzene rings is 1. The van der Waals surface area contributed by atoms with Gasteiger partial charge in [-0.15, -0.1) is 0 Å². The maximum atomic E-state index is 12.5. The van der Waals surface area contributed by atoms with Gasteiger partial charge in [0.1, 0.15) is 6.04 Å². The Hall–Kier alpha value is -2.63. The molecule has 0 aromatic heterocycles. The van der Waals surface area contributed by atoms with E-state index in [0.29, 0.717) is 11.1 Å². The number of methoxy groups -OCH3 is 2. The third-order valence-corrected chi connectivity index (χ3v) is 3.79. The van der Waals surface area contributed by atoms with Gasteiger partial charge in [-0.2, -0.15) is 0 Å². The van der Waals surface area contributed by atoms with Crippen LogP contribution in [0.4, 0.5) is 0 Å². The van der Waals surface area contributed by atoms with Crippen LogP contribution in [0.1, 0.15) is 22.0 Å². The van der Waals surface area contributed by atoms with Crippen molar-refractivity contribution in [2.24, 2.45) is 0 Å². The monoisotopic (exact) mass is 287 g/mol. The maximum absolute atomic E-state index is 12.5. The molecule has 0 radical (unpaired) electrons. The van der Waals surface area contributed by atoms with Crippen LogP contribution in [0.2, 0.25) is 0 Å².